The van der Waals surface area contributed by atoms with Gasteiger partial charge in [0, 0.05) is 19.0 Å². The third-order valence-electron chi connectivity index (χ3n) is 9.41. The fourth-order valence-electron chi connectivity index (χ4n) is 8.32. The largest absolute Gasteiger partial charge is 0.350 e. The molecule has 6 fully saturated rings. The molecule has 4 bridgehead atoms. The van der Waals surface area contributed by atoms with E-state index in [9.17, 15) is 4.79 Å². The van der Waals surface area contributed by atoms with Gasteiger partial charge in [0.1, 0.15) is 0 Å². The maximum atomic E-state index is 14.2. The van der Waals surface area contributed by atoms with Crippen LogP contribution in [0.25, 0.3) is 0 Å². The van der Waals surface area contributed by atoms with E-state index in [1.807, 2.05) is 0 Å². The number of hydrogen-bond acceptors (Lipinski definition) is 3. The van der Waals surface area contributed by atoms with Crippen LogP contribution in [0.1, 0.15) is 68.1 Å². The van der Waals surface area contributed by atoms with E-state index in [1.165, 1.54) is 36.0 Å². The number of ether oxygens (including phenoxy) is 2. The van der Waals surface area contributed by atoms with Crippen LogP contribution >= 0.6 is 0 Å². The van der Waals surface area contributed by atoms with E-state index in [4.69, 9.17) is 9.47 Å². The van der Waals surface area contributed by atoms with Gasteiger partial charge in [-0.1, -0.05) is 18.2 Å². The van der Waals surface area contributed by atoms with E-state index in [0.29, 0.717) is 36.9 Å². The quantitative estimate of drug-likeness (QED) is 0.704. The van der Waals surface area contributed by atoms with Gasteiger partial charge in [-0.05, 0) is 99.2 Å². The monoisotopic (exact) mass is 423 g/mol. The van der Waals surface area contributed by atoms with Crippen molar-refractivity contribution in [1.82, 2.24) is 4.90 Å². The summed E-state index contributed by atoms with van der Waals surface area (Å²) in [7, 11) is 0. The Balaban J connectivity index is 1.28. The average molecular weight is 424 g/mol. The normalized spacial score (nSPS) is 39.9. The zero-order valence-electron chi connectivity index (χ0n) is 19.2. The molecule has 1 aromatic rings. The van der Waals surface area contributed by atoms with Gasteiger partial charge in [-0.25, -0.2) is 0 Å². The summed E-state index contributed by atoms with van der Waals surface area (Å²) in [5.74, 6) is 2.23. The highest BCUT2D eigenvalue weighted by molar-refractivity contribution is 5.84. The van der Waals surface area contributed by atoms with Crippen LogP contribution in [-0.4, -0.2) is 43.4 Å². The predicted molar refractivity (Wildman–Crippen MR) is 120 cm³/mol. The third kappa shape index (κ3) is 3.28. The summed E-state index contributed by atoms with van der Waals surface area (Å²) >= 11 is 0. The number of carbonyl (C=O) groups excluding carboxylic acids is 1. The van der Waals surface area contributed by atoms with Crippen molar-refractivity contribution >= 4 is 5.91 Å². The Morgan fingerprint density at radius 2 is 1.77 bits per heavy atom. The van der Waals surface area contributed by atoms with Crippen molar-refractivity contribution < 1.29 is 14.3 Å². The van der Waals surface area contributed by atoms with E-state index >= 15 is 0 Å². The summed E-state index contributed by atoms with van der Waals surface area (Å²) in [4.78, 5) is 16.4. The molecule has 0 N–H and O–H groups in total. The van der Waals surface area contributed by atoms with Crippen molar-refractivity contribution in [3.63, 3.8) is 0 Å². The van der Waals surface area contributed by atoms with Crippen molar-refractivity contribution in [3.8, 4) is 0 Å². The molecular weight excluding hydrogens is 386 g/mol. The fourth-order valence-corrected chi connectivity index (χ4v) is 8.32. The molecule has 31 heavy (non-hydrogen) atoms. The van der Waals surface area contributed by atoms with E-state index in [0.717, 1.165) is 45.2 Å². The SMILES string of the molecule is Cc1ccc(C23CC4CC(CC(C(=O)N5CCCC(C6OCCO6)C5)(C4)C2)C3)cc1C. The summed E-state index contributed by atoms with van der Waals surface area (Å²) in [6.45, 7) is 7.56. The first-order valence-electron chi connectivity index (χ1n) is 12.6. The minimum Gasteiger partial charge on any atom is -0.350 e. The molecular formula is C27H37NO3. The van der Waals surface area contributed by atoms with Crippen molar-refractivity contribution in [2.75, 3.05) is 26.3 Å². The third-order valence-corrected chi connectivity index (χ3v) is 9.41. The molecule has 1 amide bonds. The molecule has 0 aromatic heterocycles. The average Bonchev–Trinajstić information content (AvgIpc) is 3.29. The molecule has 168 valence electrons. The number of nitrogens with zero attached hydrogens (tertiary/aromatic N) is 1. The van der Waals surface area contributed by atoms with Crippen molar-refractivity contribution in [1.29, 1.82) is 0 Å². The Labute approximate surface area is 186 Å². The first-order valence-corrected chi connectivity index (χ1v) is 12.6. The zero-order valence-corrected chi connectivity index (χ0v) is 19.2. The Kier molecular flexibility index (Phi) is 4.77. The Bertz CT molecular complexity index is 859. The Hall–Kier alpha value is -1.39. The Morgan fingerprint density at radius 3 is 2.48 bits per heavy atom. The molecule has 1 aromatic carbocycles. The molecule has 4 saturated carbocycles. The number of rotatable bonds is 3. The number of amides is 1. The minimum absolute atomic E-state index is 0.103. The van der Waals surface area contributed by atoms with Crippen LogP contribution in [0.15, 0.2) is 18.2 Å². The molecule has 4 aliphatic carbocycles. The van der Waals surface area contributed by atoms with Crippen LogP contribution < -0.4 is 0 Å². The number of hydrogen-bond donors (Lipinski definition) is 0. The first-order chi connectivity index (χ1) is 15.0. The number of likely N-dealkylation sites (tertiary alicyclic amines) is 1. The van der Waals surface area contributed by atoms with Crippen molar-refractivity contribution in [2.24, 2.45) is 23.2 Å². The highest BCUT2D eigenvalue weighted by atomic mass is 16.7. The molecule has 7 rings (SSSR count). The molecule has 3 atom stereocenters. The number of benzene rings is 1. The standard InChI is InChI=1S/C27H37NO3/c1-18-5-6-23(10-19(18)2)26-12-20-11-21(13-26)15-27(14-20,17-26)25(29)28-7-3-4-22(16-28)24-30-8-9-31-24/h5-6,10,20-22,24H,3-4,7-9,11-17H2,1-2H3. The van der Waals surface area contributed by atoms with Gasteiger partial charge in [-0.2, -0.15) is 0 Å². The predicted octanol–water partition coefficient (Wildman–Crippen LogP) is 4.75. The maximum Gasteiger partial charge on any atom is 0.228 e. The van der Waals surface area contributed by atoms with E-state index < -0.39 is 0 Å². The lowest BCUT2D eigenvalue weighted by molar-refractivity contribution is -0.166. The van der Waals surface area contributed by atoms with Gasteiger partial charge in [0.2, 0.25) is 5.91 Å². The molecule has 3 unspecified atom stereocenters. The van der Waals surface area contributed by atoms with Gasteiger partial charge in [-0.15, -0.1) is 0 Å². The van der Waals surface area contributed by atoms with Crippen LogP contribution in [0, 0.1) is 37.0 Å². The van der Waals surface area contributed by atoms with Gasteiger partial charge < -0.3 is 14.4 Å². The highest BCUT2D eigenvalue weighted by Crippen LogP contribution is 2.66. The second-order valence-electron chi connectivity index (χ2n) is 11.6. The molecule has 4 heteroatoms. The van der Waals surface area contributed by atoms with E-state index in [1.54, 1.807) is 0 Å². The molecule has 2 saturated heterocycles. The summed E-state index contributed by atoms with van der Waals surface area (Å²) in [5, 5.41) is 0. The molecule has 0 spiro atoms. The molecule has 4 nitrogen and oxygen atoms in total. The minimum atomic E-state index is -0.137. The van der Waals surface area contributed by atoms with Gasteiger partial charge >= 0.3 is 0 Å². The van der Waals surface area contributed by atoms with Crippen LogP contribution in [0.3, 0.4) is 0 Å². The molecule has 6 aliphatic rings. The van der Waals surface area contributed by atoms with Gasteiger partial charge in [-0.3, -0.25) is 4.79 Å². The van der Waals surface area contributed by atoms with Gasteiger partial charge in [0.15, 0.2) is 6.29 Å². The van der Waals surface area contributed by atoms with Crippen molar-refractivity contribution in [2.45, 2.75) is 76.9 Å². The highest BCUT2D eigenvalue weighted by Gasteiger charge is 2.61. The lowest BCUT2D eigenvalue weighted by Gasteiger charge is -2.62. The second kappa shape index (κ2) is 7.31. The topological polar surface area (TPSA) is 38.8 Å². The number of carbonyl (C=O) groups is 1. The number of aryl methyl sites for hydroxylation is 2. The smallest absolute Gasteiger partial charge is 0.228 e. The second-order valence-corrected chi connectivity index (χ2v) is 11.6. The van der Waals surface area contributed by atoms with Crippen LogP contribution in [0.2, 0.25) is 0 Å². The van der Waals surface area contributed by atoms with Crippen LogP contribution in [0.4, 0.5) is 0 Å². The molecule has 2 heterocycles. The Morgan fingerprint density at radius 1 is 1.03 bits per heavy atom. The van der Waals surface area contributed by atoms with E-state index in [-0.39, 0.29) is 17.1 Å². The van der Waals surface area contributed by atoms with E-state index in [2.05, 4.69) is 36.9 Å². The summed E-state index contributed by atoms with van der Waals surface area (Å²) in [5.41, 5.74) is 4.35. The first kappa shape index (κ1) is 20.2. The number of piperidine rings is 1. The molecule has 2 aliphatic heterocycles. The fraction of sp³-hybridized carbons (Fsp3) is 0.741. The zero-order chi connectivity index (χ0) is 21.2. The van der Waals surface area contributed by atoms with Gasteiger partial charge in [0.05, 0.1) is 18.6 Å². The molecule has 0 radical (unpaired) electrons. The van der Waals surface area contributed by atoms with Crippen LogP contribution in [0.5, 0.6) is 0 Å². The summed E-state index contributed by atoms with van der Waals surface area (Å²) < 4.78 is 11.6. The maximum absolute atomic E-state index is 14.2. The summed E-state index contributed by atoms with van der Waals surface area (Å²) in [6, 6.07) is 7.11. The lowest BCUT2D eigenvalue weighted by Crippen LogP contribution is -2.60. The van der Waals surface area contributed by atoms with Gasteiger partial charge in [0.25, 0.3) is 0 Å². The van der Waals surface area contributed by atoms with Crippen LogP contribution in [-0.2, 0) is 19.7 Å². The van der Waals surface area contributed by atoms with Crippen molar-refractivity contribution in [3.05, 3.63) is 34.9 Å². The lowest BCUT2D eigenvalue weighted by atomic mass is 9.42. The summed E-state index contributed by atoms with van der Waals surface area (Å²) in [6.07, 6.45) is 9.29.